The second-order valence-corrected chi connectivity index (χ2v) is 6.67. The Balaban J connectivity index is 1.75. The summed E-state index contributed by atoms with van der Waals surface area (Å²) in [5, 5.41) is 8.84. The highest BCUT2D eigenvalue weighted by molar-refractivity contribution is 7.13. The van der Waals surface area contributed by atoms with Crippen LogP contribution in [0.4, 0.5) is 14.5 Å². The Bertz CT molecular complexity index is 1090. The first-order valence-electron chi connectivity index (χ1n) is 8.07. The van der Waals surface area contributed by atoms with Gasteiger partial charge in [0.25, 0.3) is 5.91 Å². The van der Waals surface area contributed by atoms with Crippen molar-refractivity contribution in [2.45, 2.75) is 0 Å². The highest BCUT2D eigenvalue weighted by Gasteiger charge is 2.20. The molecule has 1 N–H and O–H groups in total. The first-order valence-corrected chi connectivity index (χ1v) is 8.95. The number of hydrogen-bond acceptors (Lipinski definition) is 3. The molecule has 134 valence electrons. The van der Waals surface area contributed by atoms with Gasteiger partial charge < -0.3 is 5.32 Å². The third-order valence-corrected chi connectivity index (χ3v) is 4.79. The van der Waals surface area contributed by atoms with Crippen molar-refractivity contribution in [2.24, 2.45) is 0 Å². The van der Waals surface area contributed by atoms with Gasteiger partial charge in [-0.15, -0.1) is 11.3 Å². The quantitative estimate of drug-likeness (QED) is 0.533. The van der Waals surface area contributed by atoms with Crippen molar-refractivity contribution in [3.8, 4) is 16.3 Å². The SMILES string of the molecule is O=C(Nc1cc(F)ccc1F)c1cn(-c2ccccc2)nc1-c1cccs1. The Labute approximate surface area is 157 Å². The van der Waals surface area contributed by atoms with E-state index in [2.05, 4.69) is 10.4 Å². The van der Waals surface area contributed by atoms with Gasteiger partial charge in [0.15, 0.2) is 0 Å². The Morgan fingerprint density at radius 1 is 1.04 bits per heavy atom. The van der Waals surface area contributed by atoms with Crippen LogP contribution < -0.4 is 5.32 Å². The monoisotopic (exact) mass is 381 g/mol. The molecule has 2 aromatic heterocycles. The number of aromatic nitrogens is 2. The third-order valence-electron chi connectivity index (χ3n) is 3.91. The lowest BCUT2D eigenvalue weighted by Gasteiger charge is -2.06. The van der Waals surface area contributed by atoms with Gasteiger partial charge in [-0.3, -0.25) is 4.79 Å². The molecule has 2 heterocycles. The van der Waals surface area contributed by atoms with E-state index in [1.54, 1.807) is 10.9 Å². The number of thiophene rings is 1. The number of carbonyl (C=O) groups is 1. The maximum Gasteiger partial charge on any atom is 0.259 e. The highest BCUT2D eigenvalue weighted by Crippen LogP contribution is 2.28. The molecule has 0 aliphatic heterocycles. The van der Waals surface area contributed by atoms with E-state index in [-0.39, 0.29) is 11.3 Å². The van der Waals surface area contributed by atoms with Gasteiger partial charge in [-0.1, -0.05) is 24.3 Å². The van der Waals surface area contributed by atoms with Crippen LogP contribution >= 0.6 is 11.3 Å². The Morgan fingerprint density at radius 3 is 2.59 bits per heavy atom. The van der Waals surface area contributed by atoms with Gasteiger partial charge in [-0.05, 0) is 35.7 Å². The van der Waals surface area contributed by atoms with Gasteiger partial charge in [-0.2, -0.15) is 5.10 Å². The summed E-state index contributed by atoms with van der Waals surface area (Å²) in [6, 6.07) is 15.9. The molecule has 0 saturated carbocycles. The normalized spacial score (nSPS) is 10.7. The smallest absolute Gasteiger partial charge is 0.259 e. The van der Waals surface area contributed by atoms with Crippen LogP contribution in [0, 0.1) is 11.6 Å². The van der Waals surface area contributed by atoms with Crippen LogP contribution in [0.5, 0.6) is 0 Å². The summed E-state index contributed by atoms with van der Waals surface area (Å²) >= 11 is 1.44. The van der Waals surface area contributed by atoms with E-state index in [1.165, 1.54) is 11.3 Å². The molecule has 0 aliphatic carbocycles. The van der Waals surface area contributed by atoms with Crippen molar-refractivity contribution >= 4 is 22.9 Å². The molecule has 1 amide bonds. The van der Waals surface area contributed by atoms with Crippen molar-refractivity contribution in [1.29, 1.82) is 0 Å². The molecule has 0 unspecified atom stereocenters. The number of amides is 1. The fourth-order valence-electron chi connectivity index (χ4n) is 2.63. The standard InChI is InChI=1S/C20H13F2N3OS/c21-13-8-9-16(22)17(11-13)23-20(26)15-12-25(14-5-2-1-3-6-14)24-19(15)18-7-4-10-27-18/h1-12H,(H,23,26). The molecule has 4 aromatic rings. The van der Waals surface area contributed by atoms with Gasteiger partial charge >= 0.3 is 0 Å². The number of rotatable bonds is 4. The van der Waals surface area contributed by atoms with Gasteiger partial charge in [0.1, 0.15) is 17.3 Å². The Kier molecular flexibility index (Phi) is 4.52. The minimum absolute atomic E-state index is 0.218. The number of anilines is 1. The first kappa shape index (κ1) is 17.1. The van der Waals surface area contributed by atoms with E-state index in [0.29, 0.717) is 5.69 Å². The van der Waals surface area contributed by atoms with Crippen molar-refractivity contribution in [1.82, 2.24) is 9.78 Å². The summed E-state index contributed by atoms with van der Waals surface area (Å²) in [4.78, 5) is 13.6. The first-order chi connectivity index (χ1) is 13.1. The zero-order valence-corrected chi connectivity index (χ0v) is 14.7. The number of nitrogens with zero attached hydrogens (tertiary/aromatic N) is 2. The largest absolute Gasteiger partial charge is 0.319 e. The highest BCUT2D eigenvalue weighted by atomic mass is 32.1. The zero-order valence-electron chi connectivity index (χ0n) is 13.9. The minimum Gasteiger partial charge on any atom is -0.319 e. The molecule has 0 saturated heterocycles. The van der Waals surface area contributed by atoms with Crippen LogP contribution in [0.25, 0.3) is 16.3 Å². The molecular weight excluding hydrogens is 368 g/mol. The molecule has 27 heavy (non-hydrogen) atoms. The van der Waals surface area contributed by atoms with Crippen LogP contribution in [0.3, 0.4) is 0 Å². The van der Waals surface area contributed by atoms with Crippen LogP contribution in [-0.2, 0) is 0 Å². The Morgan fingerprint density at radius 2 is 1.85 bits per heavy atom. The predicted molar refractivity (Wildman–Crippen MR) is 101 cm³/mol. The van der Waals surface area contributed by atoms with Crippen molar-refractivity contribution in [2.75, 3.05) is 5.32 Å². The number of hydrogen-bond donors (Lipinski definition) is 1. The van der Waals surface area contributed by atoms with Crippen molar-refractivity contribution in [3.63, 3.8) is 0 Å². The molecule has 7 heteroatoms. The average molecular weight is 381 g/mol. The maximum atomic E-state index is 13.9. The van der Waals surface area contributed by atoms with Crippen LogP contribution in [-0.4, -0.2) is 15.7 Å². The third kappa shape index (κ3) is 3.50. The summed E-state index contributed by atoms with van der Waals surface area (Å²) in [6.45, 7) is 0. The number of nitrogens with one attached hydrogen (secondary N) is 1. The molecule has 0 spiro atoms. The summed E-state index contributed by atoms with van der Waals surface area (Å²) in [5.74, 6) is -1.91. The lowest BCUT2D eigenvalue weighted by atomic mass is 10.2. The second-order valence-electron chi connectivity index (χ2n) is 5.73. The van der Waals surface area contributed by atoms with E-state index < -0.39 is 17.5 Å². The van der Waals surface area contributed by atoms with Gasteiger partial charge in [0.2, 0.25) is 0 Å². The van der Waals surface area contributed by atoms with Crippen molar-refractivity contribution < 1.29 is 13.6 Å². The number of benzene rings is 2. The molecule has 0 atom stereocenters. The van der Waals surface area contributed by atoms with Gasteiger partial charge in [0, 0.05) is 12.3 Å². The maximum absolute atomic E-state index is 13.9. The number of para-hydroxylation sites is 1. The summed E-state index contributed by atoms with van der Waals surface area (Å²) in [6.07, 6.45) is 1.58. The molecule has 0 fully saturated rings. The lowest BCUT2D eigenvalue weighted by Crippen LogP contribution is -2.13. The van der Waals surface area contributed by atoms with E-state index in [0.717, 1.165) is 28.8 Å². The van der Waals surface area contributed by atoms with E-state index in [4.69, 9.17) is 0 Å². The molecule has 0 bridgehead atoms. The lowest BCUT2D eigenvalue weighted by molar-refractivity contribution is 0.102. The topological polar surface area (TPSA) is 46.9 Å². The van der Waals surface area contributed by atoms with Crippen molar-refractivity contribution in [3.05, 3.63) is 89.4 Å². The van der Waals surface area contributed by atoms with Crippen LogP contribution in [0.1, 0.15) is 10.4 Å². The molecule has 0 radical (unpaired) electrons. The summed E-state index contributed by atoms with van der Waals surface area (Å²) in [7, 11) is 0. The van der Waals surface area contributed by atoms with E-state index >= 15 is 0 Å². The average Bonchev–Trinajstić information content (AvgIpc) is 3.34. The van der Waals surface area contributed by atoms with Crippen LogP contribution in [0.2, 0.25) is 0 Å². The van der Waals surface area contributed by atoms with Gasteiger partial charge in [0.05, 0.1) is 21.8 Å². The zero-order chi connectivity index (χ0) is 18.8. The number of carbonyl (C=O) groups excluding carboxylic acids is 1. The molecule has 4 nitrogen and oxygen atoms in total. The summed E-state index contributed by atoms with van der Waals surface area (Å²) < 4.78 is 28.9. The van der Waals surface area contributed by atoms with E-state index in [9.17, 15) is 13.6 Å². The number of halogens is 2. The summed E-state index contributed by atoms with van der Waals surface area (Å²) in [5.41, 5.74) is 1.31. The van der Waals surface area contributed by atoms with E-state index in [1.807, 2.05) is 47.8 Å². The fraction of sp³-hybridized carbons (Fsp3) is 0. The molecule has 0 aliphatic rings. The second kappa shape index (κ2) is 7.13. The predicted octanol–water partition coefficient (Wildman–Crippen LogP) is 5.13. The Hall–Kier alpha value is -3.32. The van der Waals surface area contributed by atoms with Crippen LogP contribution in [0.15, 0.2) is 72.2 Å². The molecular formula is C20H13F2N3OS. The minimum atomic E-state index is -0.710. The molecule has 2 aromatic carbocycles. The van der Waals surface area contributed by atoms with Gasteiger partial charge in [-0.25, -0.2) is 13.5 Å². The molecule has 4 rings (SSSR count). The fourth-order valence-corrected chi connectivity index (χ4v) is 3.35.